The second-order valence-corrected chi connectivity index (χ2v) is 20.3. The minimum absolute atomic E-state index is 0.0701. The zero-order chi connectivity index (χ0) is 46.1. The third kappa shape index (κ3) is 10.6. The number of aromatic nitrogens is 6. The Labute approximate surface area is 382 Å². The normalized spacial score (nSPS) is 19.8. The number of nitrogens with zero attached hydrogens (tertiary/aromatic N) is 6. The molecule has 8 rings (SSSR count). The minimum Gasteiger partial charge on any atom is -0.444 e. The third-order valence-corrected chi connectivity index (χ3v) is 13.0. The van der Waals surface area contributed by atoms with Crippen molar-refractivity contribution in [2.75, 3.05) is 12.5 Å². The Morgan fingerprint density at radius 1 is 0.688 bits per heavy atom. The largest absolute Gasteiger partial charge is 0.444 e. The van der Waals surface area contributed by atoms with Gasteiger partial charge in [0.15, 0.2) is 10.3 Å². The molecule has 0 radical (unpaired) electrons. The molecule has 5 aromatic rings. The van der Waals surface area contributed by atoms with E-state index >= 15 is 0 Å². The number of hydrogen-bond donors (Lipinski definition) is 4. The third-order valence-electron chi connectivity index (χ3n) is 11.9. The molecule has 4 aromatic heterocycles. The number of ether oxygens (including phenoxy) is 2. The van der Waals surface area contributed by atoms with Gasteiger partial charge in [-0.15, -0.1) is 0 Å². The van der Waals surface area contributed by atoms with Crippen molar-refractivity contribution in [1.82, 2.24) is 39.7 Å². The number of fused-ring (bicyclic) bond motifs is 6. The van der Waals surface area contributed by atoms with Gasteiger partial charge in [0.05, 0.1) is 33.5 Å². The summed E-state index contributed by atoms with van der Waals surface area (Å²) in [5, 5.41) is 9.11. The summed E-state index contributed by atoms with van der Waals surface area (Å²) in [6.45, 7) is 11.1. The van der Waals surface area contributed by atoms with E-state index < -0.39 is 23.0 Å². The predicted octanol–water partition coefficient (Wildman–Crippen LogP) is 8.29. The molecule has 1 aromatic carbocycles. The molecule has 342 valence electrons. The first-order chi connectivity index (χ1) is 30.3. The van der Waals surface area contributed by atoms with Crippen molar-refractivity contribution in [2.24, 2.45) is 11.5 Å². The maximum atomic E-state index is 12.2. The van der Waals surface area contributed by atoms with Crippen LogP contribution < -0.4 is 22.1 Å². The number of nitrogens with one attached hydrogen (secondary N) is 2. The lowest BCUT2D eigenvalue weighted by atomic mass is 9.89. The van der Waals surface area contributed by atoms with E-state index in [1.165, 1.54) is 23.5 Å². The first kappa shape index (κ1) is 46.6. The number of rotatable bonds is 8. The number of primary amides is 2. The average molecular weight is 913 g/mol. The molecule has 0 saturated heterocycles. The lowest BCUT2D eigenvalue weighted by molar-refractivity contribution is 0.0476. The van der Waals surface area contributed by atoms with Crippen LogP contribution in [0.4, 0.5) is 9.59 Å². The van der Waals surface area contributed by atoms with Gasteiger partial charge in [0.1, 0.15) is 11.2 Å². The molecule has 0 aliphatic heterocycles. The second-order valence-electron chi connectivity index (χ2n) is 18.7. The van der Waals surface area contributed by atoms with Crippen LogP contribution in [0.25, 0.3) is 33.2 Å². The lowest BCUT2D eigenvalue weighted by Crippen LogP contribution is -2.41. The van der Waals surface area contributed by atoms with Crippen LogP contribution >= 0.6 is 23.5 Å². The fourth-order valence-electron chi connectivity index (χ4n) is 9.07. The van der Waals surface area contributed by atoms with Gasteiger partial charge in [-0.1, -0.05) is 35.7 Å². The molecule has 0 bridgehead atoms. The van der Waals surface area contributed by atoms with Crippen molar-refractivity contribution in [3.8, 4) is 11.4 Å². The Morgan fingerprint density at radius 3 is 1.73 bits per heavy atom. The number of aryl methyl sites for hydroxylation is 1. The highest BCUT2D eigenvalue weighted by Gasteiger charge is 2.33. The monoisotopic (exact) mass is 912 g/mol. The maximum absolute atomic E-state index is 12.2. The molecule has 2 saturated carbocycles. The number of alkyl carbamates (subject to hydrolysis) is 2. The molecule has 3 aliphatic rings. The molecule has 16 nitrogen and oxygen atoms in total. The maximum Gasteiger partial charge on any atom is 0.407 e. The summed E-state index contributed by atoms with van der Waals surface area (Å²) < 4.78 is 15.1. The van der Waals surface area contributed by atoms with Crippen molar-refractivity contribution in [3.05, 3.63) is 59.2 Å². The van der Waals surface area contributed by atoms with Crippen molar-refractivity contribution in [3.63, 3.8) is 0 Å². The predicted molar refractivity (Wildman–Crippen MR) is 250 cm³/mol. The van der Waals surface area contributed by atoms with Gasteiger partial charge in [-0.2, -0.15) is 0 Å². The van der Waals surface area contributed by atoms with E-state index in [0.717, 1.165) is 114 Å². The van der Waals surface area contributed by atoms with Gasteiger partial charge in [-0.25, -0.2) is 29.5 Å². The van der Waals surface area contributed by atoms with Crippen LogP contribution in [0, 0.1) is 0 Å². The number of amides is 4. The van der Waals surface area contributed by atoms with Crippen molar-refractivity contribution < 1.29 is 28.7 Å². The summed E-state index contributed by atoms with van der Waals surface area (Å²) in [6.07, 6.45) is 19.0. The number of thioether (sulfide) groups is 2. The highest BCUT2D eigenvalue weighted by molar-refractivity contribution is 7.98. The summed E-state index contributed by atoms with van der Waals surface area (Å²) in [5.74, 6) is -0.851. The number of nitrogens with two attached hydrogens (primary N) is 2. The van der Waals surface area contributed by atoms with Crippen LogP contribution in [0.5, 0.6) is 0 Å². The van der Waals surface area contributed by atoms with Crippen LogP contribution in [-0.4, -0.2) is 88.9 Å². The fourth-order valence-corrected chi connectivity index (χ4v) is 9.75. The van der Waals surface area contributed by atoms with E-state index in [0.29, 0.717) is 16.3 Å². The molecular formula is C46H60N10O6S2. The number of carbonyl (C=O) groups excluding carboxylic acids is 4. The first-order valence-corrected chi connectivity index (χ1v) is 24.3. The van der Waals surface area contributed by atoms with Crippen LogP contribution in [-0.2, 0) is 22.3 Å². The highest BCUT2D eigenvalue weighted by Crippen LogP contribution is 2.41. The first-order valence-electron chi connectivity index (χ1n) is 21.9. The van der Waals surface area contributed by atoms with Gasteiger partial charge in [-0.3, -0.25) is 9.59 Å². The molecule has 6 N–H and O–H groups in total. The molecule has 64 heavy (non-hydrogen) atoms. The topological polar surface area (TPSA) is 224 Å². The van der Waals surface area contributed by atoms with E-state index in [1.54, 1.807) is 0 Å². The molecule has 0 spiro atoms. The zero-order valence-corrected chi connectivity index (χ0v) is 39.6. The molecule has 3 aliphatic carbocycles. The molecule has 2 fully saturated rings. The second kappa shape index (κ2) is 19.0. The smallest absolute Gasteiger partial charge is 0.407 e. The molecule has 18 heteroatoms. The van der Waals surface area contributed by atoms with E-state index in [1.807, 2.05) is 91.0 Å². The zero-order valence-electron chi connectivity index (χ0n) is 37.9. The highest BCUT2D eigenvalue weighted by atomic mass is 32.2. The van der Waals surface area contributed by atoms with Gasteiger partial charge in [0.2, 0.25) is 0 Å². The Bertz CT molecular complexity index is 2560. The van der Waals surface area contributed by atoms with E-state index in [4.69, 9.17) is 30.9 Å². The van der Waals surface area contributed by atoms with Gasteiger partial charge in [0.25, 0.3) is 11.8 Å². The summed E-state index contributed by atoms with van der Waals surface area (Å²) >= 11 is 2.99. The summed E-state index contributed by atoms with van der Waals surface area (Å²) in [5.41, 5.74) is 17.2. The summed E-state index contributed by atoms with van der Waals surface area (Å²) in [4.78, 5) is 67.0. The number of carbonyl (C=O) groups is 4. The molecule has 0 atom stereocenters. The molecule has 0 unspecified atom stereocenters. The van der Waals surface area contributed by atoms with Gasteiger partial charge in [-0.05, 0) is 129 Å². The number of hydrogen-bond acceptors (Lipinski definition) is 12. The van der Waals surface area contributed by atoms with Gasteiger partial charge < -0.3 is 40.7 Å². The Hall–Kier alpha value is -5.36. The van der Waals surface area contributed by atoms with Gasteiger partial charge >= 0.3 is 12.2 Å². The van der Waals surface area contributed by atoms with Crippen molar-refractivity contribution in [1.29, 1.82) is 0 Å². The minimum atomic E-state index is -0.519. The molecular weight excluding hydrogens is 853 g/mol. The lowest BCUT2D eigenvalue weighted by Gasteiger charge is -2.32. The van der Waals surface area contributed by atoms with Crippen LogP contribution in [0.2, 0.25) is 0 Å². The Balaban J connectivity index is 0.000000191. The summed E-state index contributed by atoms with van der Waals surface area (Å²) in [6, 6.07) is 4.40. The SMILES string of the molecule is CSc1ncc2c(n1)-c1c(c(C(N)=O)cn1C1CCC(NC(=O)OC(C)(C)C)CC1)CC2.CSc1ncc2ccc3c(C(N)=O)cn(C4CCC(NC(=O)OC(C)(C)C)CC4)c3c2n1. The van der Waals surface area contributed by atoms with Gasteiger partial charge in [0, 0.05) is 59.7 Å². The van der Waals surface area contributed by atoms with Crippen LogP contribution in [0.1, 0.15) is 137 Å². The standard InChI is InChI=1S/C23H31N5O3S.C23H29N5O3S/c2*1-23(2,3)31-22(30)26-14-6-8-15(9-7-14)28-12-17(20(24)29)16-10-5-13-11-25-21(32-4)27-18(13)19(16)28/h11-12,14-15H,5-10H2,1-4H3,(H2,24,29)(H,26,30);5,10-12,14-15H,6-9H2,1-4H3,(H2,24,29)(H,26,30). The van der Waals surface area contributed by atoms with E-state index in [-0.39, 0.29) is 36.4 Å². The quantitative estimate of drug-likeness (QED) is 0.0853. The van der Waals surface area contributed by atoms with E-state index in [2.05, 4.69) is 29.7 Å². The van der Waals surface area contributed by atoms with E-state index in [9.17, 15) is 19.2 Å². The van der Waals surface area contributed by atoms with Crippen molar-refractivity contribution >= 4 is 69.3 Å². The number of benzene rings is 1. The van der Waals surface area contributed by atoms with Crippen LogP contribution in [0.15, 0.2) is 47.2 Å². The summed E-state index contributed by atoms with van der Waals surface area (Å²) in [7, 11) is 0. The molecule has 4 amide bonds. The van der Waals surface area contributed by atoms with Crippen molar-refractivity contribution in [2.45, 2.75) is 151 Å². The molecule has 4 heterocycles. The Morgan fingerprint density at radius 2 is 1.20 bits per heavy atom. The average Bonchev–Trinajstić information content (AvgIpc) is 3.83. The Kier molecular flexibility index (Phi) is 13.8. The fraction of sp³-hybridized carbons (Fsp3) is 0.522. The van der Waals surface area contributed by atoms with Crippen LogP contribution in [0.3, 0.4) is 0 Å².